The summed E-state index contributed by atoms with van der Waals surface area (Å²) in [4.78, 5) is 10.7. The Balaban J connectivity index is 0.950. The van der Waals surface area contributed by atoms with Gasteiger partial charge in [0.15, 0.2) is 0 Å². The summed E-state index contributed by atoms with van der Waals surface area (Å²) in [7, 11) is 0. The molecule has 1 saturated carbocycles. The van der Waals surface area contributed by atoms with Gasteiger partial charge < -0.3 is 5.32 Å². The van der Waals surface area contributed by atoms with Crippen LogP contribution in [0.5, 0.6) is 0 Å². The van der Waals surface area contributed by atoms with Crippen molar-refractivity contribution in [2.24, 2.45) is 22.7 Å². The van der Waals surface area contributed by atoms with Crippen molar-refractivity contribution in [2.75, 3.05) is 0 Å². The number of pyridine rings is 1. The molecule has 1 aromatic heterocycles. The molecule has 0 amide bonds. The van der Waals surface area contributed by atoms with E-state index in [1.807, 2.05) is 0 Å². The van der Waals surface area contributed by atoms with E-state index in [9.17, 15) is 0 Å². The van der Waals surface area contributed by atoms with E-state index in [-0.39, 0.29) is 6.17 Å². The van der Waals surface area contributed by atoms with Crippen LogP contribution in [0.3, 0.4) is 0 Å². The van der Waals surface area contributed by atoms with Gasteiger partial charge in [-0.1, -0.05) is 135 Å². The van der Waals surface area contributed by atoms with Crippen molar-refractivity contribution in [3.8, 4) is 11.3 Å². The van der Waals surface area contributed by atoms with Crippen molar-refractivity contribution >= 4 is 5.71 Å². The zero-order valence-corrected chi connectivity index (χ0v) is 29.6. The molecular weight excluding hydrogens is 607 g/mol. The second kappa shape index (κ2) is 15.8. The van der Waals surface area contributed by atoms with Gasteiger partial charge >= 0.3 is 0 Å². The Bertz CT molecular complexity index is 1790. The Morgan fingerprint density at radius 3 is 2.22 bits per heavy atom. The highest BCUT2D eigenvalue weighted by Gasteiger charge is 2.29. The lowest BCUT2D eigenvalue weighted by Crippen LogP contribution is -2.39. The molecule has 1 aliphatic heterocycles. The topological polar surface area (TPSA) is 37.3 Å². The molecule has 2 aromatic rings. The zero-order valence-electron chi connectivity index (χ0n) is 29.6. The van der Waals surface area contributed by atoms with Crippen LogP contribution in [0.15, 0.2) is 143 Å². The molecule has 3 heteroatoms. The average Bonchev–Trinajstić information content (AvgIpc) is 3.19. The van der Waals surface area contributed by atoms with Gasteiger partial charge in [0, 0.05) is 46.8 Å². The second-order valence-corrected chi connectivity index (χ2v) is 15.2. The molecule has 50 heavy (non-hydrogen) atoms. The fourth-order valence-corrected chi connectivity index (χ4v) is 8.98. The van der Waals surface area contributed by atoms with Gasteiger partial charge in [-0.15, -0.1) is 0 Å². The number of hydrogen-bond donors (Lipinski definition) is 1. The van der Waals surface area contributed by atoms with Crippen LogP contribution in [0.25, 0.3) is 11.3 Å². The van der Waals surface area contributed by atoms with Gasteiger partial charge in [0.1, 0.15) is 6.17 Å². The minimum absolute atomic E-state index is 0.200. The molecule has 3 nitrogen and oxygen atoms in total. The number of nitrogens with zero attached hydrogens (tertiary/aromatic N) is 2. The van der Waals surface area contributed by atoms with Crippen LogP contribution >= 0.6 is 0 Å². The van der Waals surface area contributed by atoms with E-state index < -0.39 is 0 Å². The Hall–Kier alpha value is -4.24. The van der Waals surface area contributed by atoms with Gasteiger partial charge in [-0.3, -0.25) is 9.98 Å². The predicted octanol–water partition coefficient (Wildman–Crippen LogP) is 11.8. The van der Waals surface area contributed by atoms with Gasteiger partial charge in [0.2, 0.25) is 0 Å². The molecule has 5 aliphatic carbocycles. The third kappa shape index (κ3) is 7.58. The smallest absolute Gasteiger partial charge is 0.121 e. The number of allylic oxidation sites excluding steroid dienone is 16. The minimum atomic E-state index is 0.200. The van der Waals surface area contributed by atoms with Gasteiger partial charge in [0.25, 0.3) is 0 Å². The number of aromatic nitrogens is 1. The van der Waals surface area contributed by atoms with E-state index in [1.54, 1.807) is 0 Å². The van der Waals surface area contributed by atoms with Gasteiger partial charge in [0.05, 0.1) is 5.69 Å². The standard InChI is InChI=1S/C47H53N3/c1-5-14-37(15-6-1)43-32-42(33-48-46(43)40-18-9-3-10-19-40)36-26-24-34(25-27-36)35-28-30-39(31-29-35)45-23-13-22-44(38-16-7-2-8-17-38)49-47(50-45)41-20-11-4-12-21-41/h1,3-6,9-11,14,18-19,22,24-26,28-30,32-33,36-39,41,47,49H,2,7-8,12-13,15-17,20-21,23,27,31H2/b44-22-,50-45+. The summed E-state index contributed by atoms with van der Waals surface area (Å²) < 4.78 is 0. The van der Waals surface area contributed by atoms with Crippen LogP contribution in [0, 0.1) is 17.8 Å². The highest BCUT2D eigenvalue weighted by molar-refractivity contribution is 5.89. The van der Waals surface area contributed by atoms with E-state index in [0.29, 0.717) is 29.6 Å². The maximum absolute atomic E-state index is 5.58. The van der Waals surface area contributed by atoms with Crippen LogP contribution in [0.2, 0.25) is 0 Å². The molecular formula is C47H53N3. The van der Waals surface area contributed by atoms with E-state index in [0.717, 1.165) is 44.2 Å². The third-order valence-electron chi connectivity index (χ3n) is 11.9. The first kappa shape index (κ1) is 32.9. The third-order valence-corrected chi connectivity index (χ3v) is 11.9. The second-order valence-electron chi connectivity index (χ2n) is 15.2. The maximum Gasteiger partial charge on any atom is 0.121 e. The predicted molar refractivity (Wildman–Crippen MR) is 210 cm³/mol. The Kier molecular flexibility index (Phi) is 10.4. The number of aliphatic imine (C=N–C) groups is 1. The number of nitrogens with one attached hydrogen (secondary N) is 1. The molecule has 5 unspecified atom stereocenters. The molecule has 1 N–H and O–H groups in total. The number of hydrogen-bond acceptors (Lipinski definition) is 3. The lowest BCUT2D eigenvalue weighted by Gasteiger charge is -2.34. The Morgan fingerprint density at radius 2 is 1.50 bits per heavy atom. The molecule has 2 heterocycles. The first-order chi connectivity index (χ1) is 24.8. The summed E-state index contributed by atoms with van der Waals surface area (Å²) >= 11 is 0. The van der Waals surface area contributed by atoms with Crippen LogP contribution in [-0.4, -0.2) is 16.9 Å². The summed E-state index contributed by atoms with van der Waals surface area (Å²) in [6.45, 7) is 0. The molecule has 0 radical (unpaired) electrons. The quantitative estimate of drug-likeness (QED) is 0.300. The van der Waals surface area contributed by atoms with E-state index in [1.165, 1.54) is 84.2 Å². The average molecular weight is 660 g/mol. The van der Waals surface area contributed by atoms with Crippen molar-refractivity contribution < 1.29 is 0 Å². The van der Waals surface area contributed by atoms with Crippen molar-refractivity contribution in [1.82, 2.24) is 10.3 Å². The molecule has 8 rings (SSSR count). The molecule has 6 aliphatic rings. The Morgan fingerprint density at radius 1 is 0.680 bits per heavy atom. The molecule has 256 valence electrons. The van der Waals surface area contributed by atoms with Gasteiger partial charge in [-0.05, 0) is 92.4 Å². The largest absolute Gasteiger partial charge is 0.367 e. The van der Waals surface area contributed by atoms with Crippen molar-refractivity contribution in [3.63, 3.8) is 0 Å². The van der Waals surface area contributed by atoms with Crippen LogP contribution < -0.4 is 5.32 Å². The minimum Gasteiger partial charge on any atom is -0.367 e. The molecule has 1 fully saturated rings. The summed E-state index contributed by atoms with van der Waals surface area (Å²) in [5.41, 5.74) is 10.5. The fraction of sp³-hybridized carbons (Fsp3) is 0.404. The monoisotopic (exact) mass is 659 g/mol. The normalized spacial score (nSPS) is 30.6. The summed E-state index contributed by atoms with van der Waals surface area (Å²) in [5, 5.41) is 4.05. The molecule has 1 aromatic carbocycles. The number of benzene rings is 1. The highest BCUT2D eigenvalue weighted by Crippen LogP contribution is 2.38. The maximum atomic E-state index is 5.58. The van der Waals surface area contributed by atoms with E-state index >= 15 is 0 Å². The lowest BCUT2D eigenvalue weighted by molar-refractivity contribution is 0.320. The summed E-state index contributed by atoms with van der Waals surface area (Å²) in [6, 6.07) is 13.1. The zero-order chi connectivity index (χ0) is 33.5. The van der Waals surface area contributed by atoms with Crippen molar-refractivity contribution in [2.45, 2.75) is 101 Å². The summed E-state index contributed by atoms with van der Waals surface area (Å²) in [6.07, 6.45) is 48.6. The highest BCUT2D eigenvalue weighted by atomic mass is 15.1. The molecule has 0 saturated heterocycles. The van der Waals surface area contributed by atoms with E-state index in [4.69, 9.17) is 9.98 Å². The number of rotatable bonds is 7. The molecule has 0 bridgehead atoms. The van der Waals surface area contributed by atoms with Crippen LogP contribution in [-0.2, 0) is 0 Å². The van der Waals surface area contributed by atoms with Gasteiger partial charge in [-0.2, -0.15) is 0 Å². The summed E-state index contributed by atoms with van der Waals surface area (Å²) in [5.74, 6) is 2.38. The van der Waals surface area contributed by atoms with E-state index in [2.05, 4.69) is 127 Å². The van der Waals surface area contributed by atoms with Crippen molar-refractivity contribution in [1.29, 1.82) is 0 Å². The molecule has 0 spiro atoms. The Labute approximate surface area is 300 Å². The first-order valence-electron chi connectivity index (χ1n) is 19.6. The van der Waals surface area contributed by atoms with Gasteiger partial charge in [-0.25, -0.2) is 0 Å². The van der Waals surface area contributed by atoms with Crippen LogP contribution in [0.1, 0.15) is 106 Å². The first-order valence-corrected chi connectivity index (χ1v) is 19.6. The lowest BCUT2D eigenvalue weighted by atomic mass is 9.82. The van der Waals surface area contributed by atoms with Crippen LogP contribution in [0.4, 0.5) is 0 Å². The fourth-order valence-electron chi connectivity index (χ4n) is 8.98. The SMILES string of the molecule is C1=CCC(c2cc(C3C=CC(C4=CCC(/C5=N/C(C6CC=CCC6)N/C(C6CCCCC6)=C\CC5)C=C4)=CC3)cnc2-c2ccccc2)C=C1. The molecule has 5 atom stereocenters. The van der Waals surface area contributed by atoms with Crippen molar-refractivity contribution in [3.05, 3.63) is 150 Å².